The third-order valence-corrected chi connectivity index (χ3v) is 8.06. The first-order valence-corrected chi connectivity index (χ1v) is 14.0. The van der Waals surface area contributed by atoms with Gasteiger partial charge in [-0.3, -0.25) is 9.59 Å². The minimum atomic E-state index is -0.347. The summed E-state index contributed by atoms with van der Waals surface area (Å²) in [6.45, 7) is 8.01. The smallest absolute Gasteiger partial charge is 0.302 e. The Labute approximate surface area is 229 Å². The highest BCUT2D eigenvalue weighted by atomic mass is 32.1. The highest BCUT2D eigenvalue weighted by Gasteiger charge is 2.25. The van der Waals surface area contributed by atoms with Crippen LogP contribution in [-0.4, -0.2) is 62.2 Å². The number of fused-ring (bicyclic) bond motifs is 1. The number of benzene rings is 1. The summed E-state index contributed by atoms with van der Waals surface area (Å²) in [7, 11) is 0. The Hall–Kier alpha value is -3.57. The van der Waals surface area contributed by atoms with Crippen molar-refractivity contribution in [1.82, 2.24) is 23.8 Å². The second kappa shape index (κ2) is 11.7. The fourth-order valence-electron chi connectivity index (χ4n) is 4.58. The van der Waals surface area contributed by atoms with Crippen LogP contribution in [0.3, 0.4) is 0 Å². The van der Waals surface area contributed by atoms with E-state index in [2.05, 4.69) is 11.9 Å². The molecule has 0 spiro atoms. The van der Waals surface area contributed by atoms with Crippen molar-refractivity contribution >= 4 is 23.0 Å². The number of thiazole rings is 1. The maximum atomic E-state index is 13.6. The van der Waals surface area contributed by atoms with Gasteiger partial charge >= 0.3 is 5.56 Å². The number of nitrogens with zero attached hydrogens (tertiary/aromatic N) is 5. The Bertz CT molecular complexity index is 1510. The quantitative estimate of drug-likeness (QED) is 0.287. The first-order chi connectivity index (χ1) is 18.9. The summed E-state index contributed by atoms with van der Waals surface area (Å²) < 4.78 is 28.0. The Morgan fingerprint density at radius 1 is 1.28 bits per heavy atom. The molecule has 0 saturated carbocycles. The molecule has 1 aromatic carbocycles. The summed E-state index contributed by atoms with van der Waals surface area (Å²) in [5.74, 6) is 0.112. The van der Waals surface area contributed by atoms with Crippen molar-refractivity contribution in [3.63, 3.8) is 0 Å². The predicted octanol–water partition coefficient (Wildman–Crippen LogP) is 4.34. The molecule has 1 fully saturated rings. The third-order valence-electron chi connectivity index (χ3n) is 6.87. The average Bonchev–Trinajstić information content (AvgIpc) is 3.58. The van der Waals surface area contributed by atoms with Gasteiger partial charge < -0.3 is 18.9 Å². The van der Waals surface area contributed by atoms with Gasteiger partial charge in [-0.15, -0.1) is 11.3 Å². The number of amides is 1. The minimum Gasteiger partial charge on any atom is -0.486 e. The number of imidazole rings is 1. The normalized spacial score (nSPS) is 16.5. The zero-order chi connectivity index (χ0) is 27.5. The minimum absolute atomic E-state index is 0.0179. The van der Waals surface area contributed by atoms with Crippen molar-refractivity contribution in [2.45, 2.75) is 52.2 Å². The van der Waals surface area contributed by atoms with Crippen LogP contribution in [0.5, 0.6) is 5.75 Å². The molecule has 0 N–H and O–H groups in total. The number of hydrogen-bond acceptors (Lipinski definition) is 7. The predicted molar refractivity (Wildman–Crippen MR) is 147 cm³/mol. The van der Waals surface area contributed by atoms with Gasteiger partial charge in [-0.05, 0) is 31.0 Å². The number of ether oxygens (including phenoxy) is 2. The summed E-state index contributed by atoms with van der Waals surface area (Å²) in [5.41, 5.74) is 0.964. The lowest BCUT2D eigenvalue weighted by atomic mass is 10.0. The van der Waals surface area contributed by atoms with Crippen LogP contribution in [0.4, 0.5) is 4.39 Å². The summed E-state index contributed by atoms with van der Waals surface area (Å²) in [4.78, 5) is 38.8. The first kappa shape index (κ1) is 27.0. The van der Waals surface area contributed by atoms with E-state index in [0.29, 0.717) is 42.8 Å². The molecule has 9 nitrogen and oxygen atoms in total. The number of unbranched alkanes of at least 4 members (excludes halogenated alkanes) is 1. The van der Waals surface area contributed by atoms with Crippen molar-refractivity contribution in [3.8, 4) is 16.5 Å². The second-order valence-electron chi connectivity index (χ2n) is 9.75. The maximum Gasteiger partial charge on any atom is 0.302 e. The lowest BCUT2D eigenvalue weighted by Crippen LogP contribution is -2.45. The van der Waals surface area contributed by atoms with Crippen molar-refractivity contribution < 1.29 is 18.7 Å². The third kappa shape index (κ3) is 5.74. The van der Waals surface area contributed by atoms with Crippen LogP contribution in [-0.2, 0) is 16.1 Å². The van der Waals surface area contributed by atoms with E-state index in [-0.39, 0.29) is 41.6 Å². The fraction of sp³-hybridized carbons (Fsp3) is 0.429. The topological polar surface area (TPSA) is 91.0 Å². The molecule has 1 saturated heterocycles. The monoisotopic (exact) mass is 553 g/mol. The van der Waals surface area contributed by atoms with E-state index >= 15 is 0 Å². The van der Waals surface area contributed by atoms with E-state index in [0.717, 1.165) is 23.3 Å². The Morgan fingerprint density at radius 2 is 2.08 bits per heavy atom. The average molecular weight is 554 g/mol. The zero-order valence-corrected chi connectivity index (χ0v) is 23.1. The number of carbonyl (C=O) groups excluding carboxylic acids is 1. The summed E-state index contributed by atoms with van der Waals surface area (Å²) in [5, 5.41) is 0.547. The molecule has 5 rings (SSSR count). The number of hydrogen-bond donors (Lipinski definition) is 0. The van der Waals surface area contributed by atoms with Gasteiger partial charge in [-0.2, -0.15) is 0 Å². The molecule has 1 aliphatic heterocycles. The van der Waals surface area contributed by atoms with Crippen molar-refractivity contribution in [1.29, 1.82) is 0 Å². The molecule has 206 valence electrons. The van der Waals surface area contributed by atoms with E-state index < -0.39 is 0 Å². The molecule has 0 radical (unpaired) electrons. The van der Waals surface area contributed by atoms with Gasteiger partial charge in [-0.25, -0.2) is 18.8 Å². The summed E-state index contributed by atoms with van der Waals surface area (Å²) in [6, 6.07) is 6.40. The van der Waals surface area contributed by atoms with Crippen LogP contribution in [0.2, 0.25) is 0 Å². The van der Waals surface area contributed by atoms with E-state index in [1.54, 1.807) is 40.2 Å². The molecule has 3 aromatic heterocycles. The van der Waals surface area contributed by atoms with E-state index in [9.17, 15) is 14.0 Å². The standard InChI is InChI=1S/C28H32FN5O4S/c1-4-5-13-38-25-24(26-30-15-22(39-26)19(3)20-6-8-21(29)9-7-20)31-28-33(10-11-34(28)27(25)36)17-23(35)32-12-14-37-18(2)16-32/h6-11,15,18-19H,4-5,12-14,16-17H2,1-3H3/t18-,19?/m0/s1. The highest BCUT2D eigenvalue weighted by molar-refractivity contribution is 7.15. The van der Waals surface area contributed by atoms with E-state index in [1.165, 1.54) is 27.9 Å². The Balaban J connectivity index is 1.51. The number of rotatable bonds is 9. The largest absolute Gasteiger partial charge is 0.486 e. The zero-order valence-electron chi connectivity index (χ0n) is 22.3. The van der Waals surface area contributed by atoms with Crippen LogP contribution >= 0.6 is 11.3 Å². The summed E-state index contributed by atoms with van der Waals surface area (Å²) >= 11 is 1.42. The second-order valence-corrected chi connectivity index (χ2v) is 10.8. The number of aromatic nitrogens is 4. The molecule has 4 heterocycles. The first-order valence-electron chi connectivity index (χ1n) is 13.2. The molecule has 2 atom stereocenters. The van der Waals surface area contributed by atoms with Crippen LogP contribution in [0.25, 0.3) is 16.5 Å². The van der Waals surface area contributed by atoms with Crippen LogP contribution in [0.15, 0.2) is 47.7 Å². The van der Waals surface area contributed by atoms with Crippen LogP contribution in [0, 0.1) is 5.82 Å². The molecule has 11 heteroatoms. The molecular weight excluding hydrogens is 521 g/mol. The number of carbonyl (C=O) groups is 1. The van der Waals surface area contributed by atoms with Gasteiger partial charge in [-0.1, -0.05) is 32.4 Å². The molecule has 0 bridgehead atoms. The van der Waals surface area contributed by atoms with Crippen molar-refractivity contribution in [2.75, 3.05) is 26.3 Å². The van der Waals surface area contributed by atoms with Gasteiger partial charge in [0.25, 0.3) is 0 Å². The molecule has 4 aromatic rings. The fourth-order valence-corrected chi connectivity index (χ4v) is 5.56. The Kier molecular flexibility index (Phi) is 8.08. The van der Waals surface area contributed by atoms with E-state index in [1.807, 2.05) is 13.8 Å². The lowest BCUT2D eigenvalue weighted by molar-refractivity contribution is -0.138. The van der Waals surface area contributed by atoms with Gasteiger partial charge in [0.2, 0.25) is 17.4 Å². The number of morpholine rings is 1. The van der Waals surface area contributed by atoms with Gasteiger partial charge in [0.05, 0.1) is 19.3 Å². The van der Waals surface area contributed by atoms with Crippen LogP contribution in [0.1, 0.15) is 50.0 Å². The molecule has 0 aliphatic carbocycles. The maximum absolute atomic E-state index is 13.6. The SMILES string of the molecule is CCCCOc1c(-c2ncc(C(C)c3ccc(F)cc3)s2)nc2n(CC(=O)N3CCO[C@@H](C)C3)ccn2c1=O. The van der Waals surface area contributed by atoms with Crippen molar-refractivity contribution in [2.24, 2.45) is 0 Å². The molecule has 1 aliphatic rings. The van der Waals surface area contributed by atoms with Crippen LogP contribution < -0.4 is 10.3 Å². The molecule has 1 amide bonds. The van der Waals surface area contributed by atoms with Gasteiger partial charge in [0, 0.05) is 42.5 Å². The lowest BCUT2D eigenvalue weighted by Gasteiger charge is -2.31. The number of halogens is 1. The summed E-state index contributed by atoms with van der Waals surface area (Å²) in [6.07, 6.45) is 6.75. The highest BCUT2D eigenvalue weighted by Crippen LogP contribution is 2.35. The van der Waals surface area contributed by atoms with Gasteiger partial charge in [0.1, 0.15) is 17.4 Å². The molecule has 39 heavy (non-hydrogen) atoms. The van der Waals surface area contributed by atoms with E-state index in [4.69, 9.17) is 14.5 Å². The van der Waals surface area contributed by atoms with Crippen molar-refractivity contribution in [3.05, 3.63) is 69.5 Å². The molecular formula is C28H32FN5O4S. The Morgan fingerprint density at radius 3 is 2.82 bits per heavy atom. The molecule has 1 unspecified atom stereocenters. The van der Waals surface area contributed by atoms with Gasteiger partial charge in [0.15, 0.2) is 5.69 Å².